The SMILES string of the molecule is Nc1cc(N)c(NCCC2CCCCO2)c(F)c1Cl. The van der Waals surface area contributed by atoms with Gasteiger partial charge in [-0.3, -0.25) is 0 Å². The number of ether oxygens (including phenoxy) is 1. The third-order valence-corrected chi connectivity index (χ3v) is 3.69. The number of anilines is 3. The van der Waals surface area contributed by atoms with Gasteiger partial charge < -0.3 is 21.5 Å². The summed E-state index contributed by atoms with van der Waals surface area (Å²) < 4.78 is 19.5. The van der Waals surface area contributed by atoms with Gasteiger partial charge in [-0.05, 0) is 31.7 Å². The average molecular weight is 288 g/mol. The highest BCUT2D eigenvalue weighted by molar-refractivity contribution is 6.33. The van der Waals surface area contributed by atoms with Crippen molar-refractivity contribution in [3.05, 3.63) is 16.9 Å². The standard InChI is InChI=1S/C13H19ClFN3O/c14-11-9(16)7-10(17)13(12(11)15)18-5-4-8-3-1-2-6-19-8/h7-8,18H,1-6,16-17H2. The van der Waals surface area contributed by atoms with Crippen molar-refractivity contribution in [1.82, 2.24) is 0 Å². The predicted molar refractivity (Wildman–Crippen MR) is 76.9 cm³/mol. The second kappa shape index (κ2) is 6.30. The molecule has 1 fully saturated rings. The Morgan fingerprint density at radius 3 is 2.84 bits per heavy atom. The van der Waals surface area contributed by atoms with Crippen LogP contribution in [-0.4, -0.2) is 19.3 Å². The van der Waals surface area contributed by atoms with Crippen LogP contribution in [0.1, 0.15) is 25.7 Å². The van der Waals surface area contributed by atoms with Crippen LogP contribution in [0.4, 0.5) is 21.5 Å². The van der Waals surface area contributed by atoms with Gasteiger partial charge >= 0.3 is 0 Å². The van der Waals surface area contributed by atoms with Crippen LogP contribution in [0.3, 0.4) is 0 Å². The fraction of sp³-hybridized carbons (Fsp3) is 0.538. The smallest absolute Gasteiger partial charge is 0.169 e. The summed E-state index contributed by atoms with van der Waals surface area (Å²) in [5.74, 6) is -0.594. The molecule has 1 aromatic rings. The van der Waals surface area contributed by atoms with Crippen molar-refractivity contribution in [2.45, 2.75) is 31.8 Å². The van der Waals surface area contributed by atoms with Crippen LogP contribution in [0.25, 0.3) is 0 Å². The number of rotatable bonds is 4. The molecule has 1 aliphatic heterocycles. The Morgan fingerprint density at radius 1 is 1.37 bits per heavy atom. The van der Waals surface area contributed by atoms with E-state index in [1.54, 1.807) is 0 Å². The van der Waals surface area contributed by atoms with Crippen LogP contribution in [0.5, 0.6) is 0 Å². The summed E-state index contributed by atoms with van der Waals surface area (Å²) in [6, 6.07) is 1.46. The molecular formula is C13H19ClFN3O. The van der Waals surface area contributed by atoms with Crippen LogP contribution in [0, 0.1) is 5.82 Å². The van der Waals surface area contributed by atoms with Gasteiger partial charge in [-0.15, -0.1) is 0 Å². The fourth-order valence-electron chi connectivity index (χ4n) is 2.24. The predicted octanol–water partition coefficient (Wildman–Crippen LogP) is 3.01. The van der Waals surface area contributed by atoms with E-state index in [4.69, 9.17) is 27.8 Å². The van der Waals surface area contributed by atoms with E-state index in [9.17, 15) is 4.39 Å². The fourth-order valence-corrected chi connectivity index (χ4v) is 2.39. The Hall–Kier alpha value is -1.20. The molecule has 106 valence electrons. The van der Waals surface area contributed by atoms with Gasteiger partial charge in [0.15, 0.2) is 5.82 Å². The molecule has 0 spiro atoms. The van der Waals surface area contributed by atoms with E-state index in [2.05, 4.69) is 5.32 Å². The second-order valence-electron chi connectivity index (χ2n) is 4.76. The largest absolute Gasteiger partial charge is 0.397 e. The minimum absolute atomic E-state index is 0.0920. The van der Waals surface area contributed by atoms with Crippen LogP contribution < -0.4 is 16.8 Å². The van der Waals surface area contributed by atoms with Crippen LogP contribution in [-0.2, 0) is 4.74 Å². The van der Waals surface area contributed by atoms with Gasteiger partial charge in [0.1, 0.15) is 5.02 Å². The lowest BCUT2D eigenvalue weighted by Gasteiger charge is -2.23. The van der Waals surface area contributed by atoms with Gasteiger partial charge in [-0.25, -0.2) is 4.39 Å². The highest BCUT2D eigenvalue weighted by atomic mass is 35.5. The first-order valence-electron chi connectivity index (χ1n) is 6.48. The van der Waals surface area contributed by atoms with Crippen LogP contribution >= 0.6 is 11.6 Å². The van der Waals surface area contributed by atoms with Crippen molar-refractivity contribution in [2.75, 3.05) is 29.9 Å². The molecule has 0 amide bonds. The Kier molecular flexibility index (Phi) is 4.71. The Bertz CT molecular complexity index is 450. The van der Waals surface area contributed by atoms with Gasteiger partial charge in [0.2, 0.25) is 0 Å². The topological polar surface area (TPSA) is 73.3 Å². The Labute approximate surface area is 117 Å². The molecule has 1 unspecified atom stereocenters. The summed E-state index contributed by atoms with van der Waals surface area (Å²) in [4.78, 5) is 0. The number of nitrogens with two attached hydrogens (primary N) is 2. The first-order valence-corrected chi connectivity index (χ1v) is 6.86. The maximum Gasteiger partial charge on any atom is 0.169 e. The van der Waals surface area contributed by atoms with E-state index in [1.807, 2.05) is 0 Å². The van der Waals surface area contributed by atoms with Crippen LogP contribution in [0.2, 0.25) is 5.02 Å². The molecule has 5 N–H and O–H groups in total. The van der Waals surface area contributed by atoms with Crippen molar-refractivity contribution in [3.63, 3.8) is 0 Å². The van der Waals surface area contributed by atoms with E-state index in [1.165, 1.54) is 12.5 Å². The molecule has 19 heavy (non-hydrogen) atoms. The molecule has 1 saturated heterocycles. The average Bonchev–Trinajstić information content (AvgIpc) is 2.41. The monoisotopic (exact) mass is 287 g/mol. The van der Waals surface area contributed by atoms with E-state index in [-0.39, 0.29) is 28.2 Å². The number of hydrogen-bond acceptors (Lipinski definition) is 4. The molecule has 4 nitrogen and oxygen atoms in total. The zero-order chi connectivity index (χ0) is 13.8. The summed E-state index contributed by atoms with van der Waals surface area (Å²) in [6.07, 6.45) is 4.44. The van der Waals surface area contributed by atoms with Crippen molar-refractivity contribution < 1.29 is 9.13 Å². The number of hydrogen-bond donors (Lipinski definition) is 3. The van der Waals surface area contributed by atoms with Gasteiger partial charge in [0, 0.05) is 13.2 Å². The van der Waals surface area contributed by atoms with E-state index in [0.717, 1.165) is 25.9 Å². The molecule has 0 radical (unpaired) electrons. The molecule has 0 aliphatic carbocycles. The molecule has 1 aromatic carbocycles. The lowest BCUT2D eigenvalue weighted by atomic mass is 10.1. The van der Waals surface area contributed by atoms with Gasteiger partial charge in [0.25, 0.3) is 0 Å². The molecule has 6 heteroatoms. The normalized spacial score (nSPS) is 19.4. The Balaban J connectivity index is 1.94. The number of nitrogens with one attached hydrogen (secondary N) is 1. The quantitative estimate of drug-likeness (QED) is 0.744. The molecule has 1 atom stereocenters. The third-order valence-electron chi connectivity index (χ3n) is 3.31. The van der Waals surface area contributed by atoms with Gasteiger partial charge in [0.05, 0.1) is 23.2 Å². The summed E-state index contributed by atoms with van der Waals surface area (Å²) >= 11 is 5.76. The van der Waals surface area contributed by atoms with E-state index < -0.39 is 5.82 Å². The summed E-state index contributed by atoms with van der Waals surface area (Å²) in [7, 11) is 0. The Morgan fingerprint density at radius 2 is 2.16 bits per heavy atom. The van der Waals surface area contributed by atoms with E-state index >= 15 is 0 Å². The van der Waals surface area contributed by atoms with E-state index in [0.29, 0.717) is 6.54 Å². The molecule has 1 heterocycles. The summed E-state index contributed by atoms with van der Waals surface area (Å²) in [6.45, 7) is 1.40. The first-order chi connectivity index (χ1) is 9.09. The maximum atomic E-state index is 13.9. The molecule has 1 aliphatic rings. The summed E-state index contributed by atoms with van der Waals surface area (Å²) in [5.41, 5.74) is 11.9. The van der Waals surface area contributed by atoms with Crippen molar-refractivity contribution in [1.29, 1.82) is 0 Å². The minimum Gasteiger partial charge on any atom is -0.397 e. The van der Waals surface area contributed by atoms with Crippen LogP contribution in [0.15, 0.2) is 6.07 Å². The third kappa shape index (κ3) is 3.42. The zero-order valence-electron chi connectivity index (χ0n) is 10.7. The minimum atomic E-state index is -0.594. The lowest BCUT2D eigenvalue weighted by molar-refractivity contribution is 0.0134. The maximum absolute atomic E-state index is 13.9. The molecule has 0 bridgehead atoms. The van der Waals surface area contributed by atoms with Crippen molar-refractivity contribution >= 4 is 28.7 Å². The summed E-state index contributed by atoms with van der Waals surface area (Å²) in [5, 5.41) is 2.88. The first kappa shape index (κ1) is 14.2. The molecule has 0 saturated carbocycles. The molecular weight excluding hydrogens is 269 g/mol. The van der Waals surface area contributed by atoms with Crippen molar-refractivity contribution in [2.24, 2.45) is 0 Å². The highest BCUT2D eigenvalue weighted by Crippen LogP contribution is 2.33. The number of halogens is 2. The van der Waals surface area contributed by atoms with Gasteiger partial charge in [-0.1, -0.05) is 11.6 Å². The van der Waals surface area contributed by atoms with Gasteiger partial charge in [-0.2, -0.15) is 0 Å². The zero-order valence-corrected chi connectivity index (χ0v) is 11.5. The highest BCUT2D eigenvalue weighted by Gasteiger charge is 2.16. The lowest BCUT2D eigenvalue weighted by Crippen LogP contribution is -2.22. The number of nitrogen functional groups attached to an aromatic ring is 2. The molecule has 0 aromatic heterocycles. The second-order valence-corrected chi connectivity index (χ2v) is 5.14. The molecule has 2 rings (SSSR count). The number of benzene rings is 1. The van der Waals surface area contributed by atoms with Crippen molar-refractivity contribution in [3.8, 4) is 0 Å².